The molecule has 0 aliphatic heterocycles. The van der Waals surface area contributed by atoms with Crippen molar-refractivity contribution in [2.75, 3.05) is 0 Å². The molecular weight excluding hydrogens is 252 g/mol. The van der Waals surface area contributed by atoms with Crippen molar-refractivity contribution >= 4 is 0 Å². The Labute approximate surface area is 116 Å². The van der Waals surface area contributed by atoms with Gasteiger partial charge >= 0.3 is 0 Å². The minimum atomic E-state index is 0.0449. The van der Waals surface area contributed by atoms with E-state index < -0.39 is 0 Å². The zero-order valence-corrected chi connectivity index (χ0v) is 11.5. The van der Waals surface area contributed by atoms with Crippen LogP contribution >= 0.6 is 0 Å². The normalized spacial score (nSPS) is 10.9. The summed E-state index contributed by atoms with van der Waals surface area (Å²) in [7, 11) is 1.88. The summed E-state index contributed by atoms with van der Waals surface area (Å²) in [6.07, 6.45) is 3.72. The van der Waals surface area contributed by atoms with Gasteiger partial charge in [-0.2, -0.15) is 10.2 Å². The summed E-state index contributed by atoms with van der Waals surface area (Å²) >= 11 is 0. The summed E-state index contributed by atoms with van der Waals surface area (Å²) in [5.74, 6) is 0. The van der Waals surface area contributed by atoms with E-state index in [9.17, 15) is 5.11 Å². The number of aromatic amines is 1. The van der Waals surface area contributed by atoms with Crippen LogP contribution in [0.25, 0.3) is 22.5 Å². The average Bonchev–Trinajstić information content (AvgIpc) is 3.07. The van der Waals surface area contributed by atoms with Crippen molar-refractivity contribution in [2.45, 2.75) is 13.5 Å². The first-order chi connectivity index (χ1) is 9.69. The lowest BCUT2D eigenvalue weighted by atomic mass is 10.0. The molecule has 0 saturated heterocycles. The molecule has 20 heavy (non-hydrogen) atoms. The van der Waals surface area contributed by atoms with Crippen LogP contribution < -0.4 is 0 Å². The first kappa shape index (κ1) is 12.6. The van der Waals surface area contributed by atoms with E-state index in [1.807, 2.05) is 44.4 Å². The molecule has 5 heteroatoms. The standard InChI is InChI=1S/C15H16N4O/c1-10-11(9-20)4-3-5-13(10)15-6-14(17-18-15)12-7-16-19(2)8-12/h3-8,20H,9H2,1-2H3,(H,17,18). The maximum absolute atomic E-state index is 9.34. The van der Waals surface area contributed by atoms with Crippen LogP contribution in [0.5, 0.6) is 0 Å². The van der Waals surface area contributed by atoms with Gasteiger partial charge in [-0.1, -0.05) is 18.2 Å². The number of aromatic nitrogens is 4. The Morgan fingerprint density at radius 3 is 2.90 bits per heavy atom. The van der Waals surface area contributed by atoms with E-state index in [-0.39, 0.29) is 6.61 Å². The Bertz CT molecular complexity index is 742. The van der Waals surface area contributed by atoms with Crippen molar-refractivity contribution in [1.29, 1.82) is 0 Å². The number of rotatable bonds is 3. The van der Waals surface area contributed by atoms with E-state index in [1.54, 1.807) is 10.9 Å². The Kier molecular flexibility index (Phi) is 3.12. The largest absolute Gasteiger partial charge is 0.392 e. The molecule has 2 heterocycles. The van der Waals surface area contributed by atoms with Crippen LogP contribution in [0.4, 0.5) is 0 Å². The molecule has 0 aliphatic carbocycles. The first-order valence-corrected chi connectivity index (χ1v) is 6.43. The van der Waals surface area contributed by atoms with Gasteiger partial charge in [0.25, 0.3) is 0 Å². The van der Waals surface area contributed by atoms with Crippen molar-refractivity contribution in [2.24, 2.45) is 7.05 Å². The van der Waals surface area contributed by atoms with Crippen molar-refractivity contribution in [3.63, 3.8) is 0 Å². The van der Waals surface area contributed by atoms with Crippen LogP contribution in [-0.2, 0) is 13.7 Å². The molecule has 3 rings (SSSR count). The number of H-pyrrole nitrogens is 1. The van der Waals surface area contributed by atoms with Gasteiger partial charge in [0.05, 0.1) is 24.2 Å². The van der Waals surface area contributed by atoms with Gasteiger partial charge in [0.2, 0.25) is 0 Å². The molecule has 0 atom stereocenters. The fraction of sp³-hybridized carbons (Fsp3) is 0.200. The molecule has 0 saturated carbocycles. The SMILES string of the molecule is Cc1c(CO)cccc1-c1cc(-c2cnn(C)c2)n[nH]1. The fourth-order valence-electron chi connectivity index (χ4n) is 2.31. The Morgan fingerprint density at radius 1 is 1.35 bits per heavy atom. The lowest BCUT2D eigenvalue weighted by Gasteiger charge is -2.07. The summed E-state index contributed by atoms with van der Waals surface area (Å²) in [5, 5.41) is 20.9. The number of nitrogens with zero attached hydrogens (tertiary/aromatic N) is 3. The van der Waals surface area contributed by atoms with Gasteiger partial charge in [0.1, 0.15) is 0 Å². The van der Waals surface area contributed by atoms with Gasteiger partial charge in [0.15, 0.2) is 0 Å². The molecule has 2 N–H and O–H groups in total. The average molecular weight is 268 g/mol. The maximum Gasteiger partial charge on any atom is 0.0958 e. The number of hydrogen-bond donors (Lipinski definition) is 2. The highest BCUT2D eigenvalue weighted by Crippen LogP contribution is 2.27. The van der Waals surface area contributed by atoms with Gasteiger partial charge in [-0.15, -0.1) is 0 Å². The highest BCUT2D eigenvalue weighted by atomic mass is 16.3. The second-order valence-corrected chi connectivity index (χ2v) is 4.82. The fourth-order valence-corrected chi connectivity index (χ4v) is 2.31. The summed E-state index contributed by atoms with van der Waals surface area (Å²) in [6.45, 7) is 2.05. The van der Waals surface area contributed by atoms with Crippen LogP contribution in [0.3, 0.4) is 0 Å². The van der Waals surface area contributed by atoms with Gasteiger partial charge < -0.3 is 5.11 Å². The molecule has 0 amide bonds. The molecule has 0 aliphatic rings. The Hall–Kier alpha value is -2.40. The highest BCUT2D eigenvalue weighted by molar-refractivity contribution is 5.70. The van der Waals surface area contributed by atoms with Gasteiger partial charge in [-0.25, -0.2) is 0 Å². The number of aliphatic hydroxyl groups excluding tert-OH is 1. The molecule has 1 aromatic carbocycles. The number of aryl methyl sites for hydroxylation is 1. The molecule has 102 valence electrons. The Morgan fingerprint density at radius 2 is 2.20 bits per heavy atom. The summed E-state index contributed by atoms with van der Waals surface area (Å²) in [6, 6.07) is 7.89. The predicted molar refractivity (Wildman–Crippen MR) is 76.9 cm³/mol. The lowest BCUT2D eigenvalue weighted by molar-refractivity contribution is 0.281. The third kappa shape index (κ3) is 2.12. The van der Waals surface area contributed by atoms with Crippen molar-refractivity contribution in [3.8, 4) is 22.5 Å². The van der Waals surface area contributed by atoms with E-state index in [4.69, 9.17) is 0 Å². The molecule has 5 nitrogen and oxygen atoms in total. The van der Waals surface area contributed by atoms with E-state index in [1.165, 1.54) is 0 Å². The summed E-state index contributed by atoms with van der Waals surface area (Å²) < 4.78 is 1.75. The number of hydrogen-bond acceptors (Lipinski definition) is 3. The van der Waals surface area contributed by atoms with Crippen LogP contribution in [-0.4, -0.2) is 25.1 Å². The topological polar surface area (TPSA) is 66.7 Å². The Balaban J connectivity index is 2.02. The third-order valence-electron chi connectivity index (χ3n) is 3.48. The van der Waals surface area contributed by atoms with Crippen LogP contribution in [0, 0.1) is 6.92 Å². The van der Waals surface area contributed by atoms with E-state index in [2.05, 4.69) is 15.3 Å². The number of nitrogens with one attached hydrogen (secondary N) is 1. The minimum absolute atomic E-state index is 0.0449. The quantitative estimate of drug-likeness (QED) is 0.765. The molecule has 0 bridgehead atoms. The second kappa shape index (κ2) is 4.94. The van der Waals surface area contributed by atoms with Crippen LogP contribution in [0.15, 0.2) is 36.7 Å². The lowest BCUT2D eigenvalue weighted by Crippen LogP contribution is -1.91. The molecular formula is C15H16N4O. The molecule has 0 radical (unpaired) electrons. The first-order valence-electron chi connectivity index (χ1n) is 6.43. The molecule has 0 spiro atoms. The summed E-state index contributed by atoms with van der Waals surface area (Å²) in [5.41, 5.74) is 5.83. The van der Waals surface area contributed by atoms with E-state index in [0.29, 0.717) is 0 Å². The highest BCUT2D eigenvalue weighted by Gasteiger charge is 2.10. The second-order valence-electron chi connectivity index (χ2n) is 4.82. The van der Waals surface area contributed by atoms with Crippen molar-refractivity contribution < 1.29 is 5.11 Å². The van der Waals surface area contributed by atoms with E-state index in [0.717, 1.165) is 33.6 Å². The summed E-state index contributed by atoms with van der Waals surface area (Å²) in [4.78, 5) is 0. The van der Waals surface area contributed by atoms with Crippen molar-refractivity contribution in [3.05, 3.63) is 47.8 Å². The maximum atomic E-state index is 9.34. The zero-order valence-electron chi connectivity index (χ0n) is 11.5. The molecule has 3 aromatic rings. The molecule has 2 aromatic heterocycles. The minimum Gasteiger partial charge on any atom is -0.392 e. The number of aliphatic hydroxyl groups is 1. The third-order valence-corrected chi connectivity index (χ3v) is 3.48. The molecule has 0 fully saturated rings. The smallest absolute Gasteiger partial charge is 0.0958 e. The molecule has 0 unspecified atom stereocenters. The zero-order chi connectivity index (χ0) is 14.1. The van der Waals surface area contributed by atoms with Crippen LogP contribution in [0.2, 0.25) is 0 Å². The van der Waals surface area contributed by atoms with Crippen molar-refractivity contribution in [1.82, 2.24) is 20.0 Å². The van der Waals surface area contributed by atoms with Gasteiger partial charge in [-0.05, 0) is 24.1 Å². The van der Waals surface area contributed by atoms with Crippen LogP contribution in [0.1, 0.15) is 11.1 Å². The predicted octanol–water partition coefficient (Wildman–Crippen LogP) is 2.28. The van der Waals surface area contributed by atoms with Gasteiger partial charge in [-0.3, -0.25) is 9.78 Å². The number of benzene rings is 1. The van der Waals surface area contributed by atoms with E-state index >= 15 is 0 Å². The van der Waals surface area contributed by atoms with Gasteiger partial charge in [0, 0.05) is 24.4 Å². The monoisotopic (exact) mass is 268 g/mol.